The van der Waals surface area contributed by atoms with Crippen molar-refractivity contribution in [2.24, 2.45) is 0 Å². The van der Waals surface area contributed by atoms with Crippen LogP contribution < -0.4 is 0 Å². The smallest absolute Gasteiger partial charge is 0.339 e. The summed E-state index contributed by atoms with van der Waals surface area (Å²) in [5, 5.41) is 0. The van der Waals surface area contributed by atoms with Gasteiger partial charge >= 0.3 is 5.97 Å². The molecule has 1 aliphatic carbocycles. The van der Waals surface area contributed by atoms with Crippen molar-refractivity contribution >= 4 is 17.7 Å². The number of ether oxygens (including phenoxy) is 1. The summed E-state index contributed by atoms with van der Waals surface area (Å²) in [5.74, 6) is -0.217. The second-order valence-corrected chi connectivity index (χ2v) is 6.16. The summed E-state index contributed by atoms with van der Waals surface area (Å²) in [5.41, 5.74) is 6.98. The van der Waals surface area contributed by atoms with E-state index in [1.165, 1.54) is 34.9 Å². The minimum atomic E-state index is -0.217. The van der Waals surface area contributed by atoms with Gasteiger partial charge in [0.2, 0.25) is 0 Å². The van der Waals surface area contributed by atoms with Crippen molar-refractivity contribution in [2.75, 3.05) is 13.4 Å². The molecule has 0 fully saturated rings. The fourth-order valence-corrected chi connectivity index (χ4v) is 3.51. The fourth-order valence-electron chi connectivity index (χ4n) is 2.86. The van der Waals surface area contributed by atoms with Crippen molar-refractivity contribution < 1.29 is 9.53 Å². The largest absolute Gasteiger partial charge is 0.465 e. The number of aryl methyl sites for hydroxylation is 1. The van der Waals surface area contributed by atoms with Crippen LogP contribution in [0.15, 0.2) is 35.2 Å². The topological polar surface area (TPSA) is 26.3 Å². The van der Waals surface area contributed by atoms with Crippen LogP contribution >= 0.6 is 11.8 Å². The molecule has 3 heteroatoms. The number of hydrogen-bond acceptors (Lipinski definition) is 3. The Hall–Kier alpha value is -1.74. The Labute approximate surface area is 129 Å². The number of methoxy groups -OCH3 is 1. The first-order valence-corrected chi connectivity index (χ1v) is 8.26. The van der Waals surface area contributed by atoms with E-state index in [4.69, 9.17) is 4.74 Å². The lowest BCUT2D eigenvalue weighted by molar-refractivity contribution is 0.0594. The minimum Gasteiger partial charge on any atom is -0.465 e. The van der Waals surface area contributed by atoms with E-state index in [2.05, 4.69) is 37.3 Å². The normalized spacial score (nSPS) is 12.5. The third-order valence-electron chi connectivity index (χ3n) is 4.11. The number of esters is 1. The van der Waals surface area contributed by atoms with Crippen LogP contribution in [0.1, 0.15) is 27.0 Å². The molecule has 0 amide bonds. The maximum Gasteiger partial charge on any atom is 0.339 e. The lowest BCUT2D eigenvalue weighted by Gasteiger charge is -2.27. The zero-order valence-electron chi connectivity index (χ0n) is 12.5. The van der Waals surface area contributed by atoms with Crippen molar-refractivity contribution in [3.63, 3.8) is 0 Å². The highest BCUT2D eigenvalue weighted by atomic mass is 32.2. The molecule has 0 N–H and O–H groups in total. The minimum absolute atomic E-state index is 0.217. The van der Waals surface area contributed by atoms with E-state index >= 15 is 0 Å². The fraction of sp³-hybridized carbons (Fsp3) is 0.278. The first-order valence-electron chi connectivity index (χ1n) is 7.03. The van der Waals surface area contributed by atoms with Crippen molar-refractivity contribution in [3.05, 3.63) is 52.6 Å². The van der Waals surface area contributed by atoms with Crippen LogP contribution in [-0.4, -0.2) is 19.3 Å². The molecule has 2 nitrogen and oxygen atoms in total. The molecule has 108 valence electrons. The summed E-state index contributed by atoms with van der Waals surface area (Å²) < 4.78 is 4.96. The monoisotopic (exact) mass is 298 g/mol. The van der Waals surface area contributed by atoms with Crippen molar-refractivity contribution in [1.82, 2.24) is 0 Å². The summed E-state index contributed by atoms with van der Waals surface area (Å²) in [6, 6.07) is 10.7. The predicted octanol–water partition coefficient (Wildman–Crippen LogP) is 4.27. The second kappa shape index (κ2) is 5.57. The number of hydrogen-bond donors (Lipinski definition) is 0. The molecule has 0 spiro atoms. The first-order chi connectivity index (χ1) is 10.2. The number of fused-ring (bicyclic) bond motifs is 1. The molecular weight excluding hydrogens is 280 g/mol. The molecule has 2 aromatic carbocycles. The van der Waals surface area contributed by atoms with Crippen molar-refractivity contribution in [2.45, 2.75) is 24.7 Å². The molecule has 0 bridgehead atoms. The van der Waals surface area contributed by atoms with Gasteiger partial charge in [-0.25, -0.2) is 4.79 Å². The molecule has 0 radical (unpaired) electrons. The lowest BCUT2D eigenvalue weighted by Crippen LogP contribution is -2.19. The van der Waals surface area contributed by atoms with Gasteiger partial charge in [0.05, 0.1) is 12.7 Å². The van der Waals surface area contributed by atoms with E-state index in [1.54, 1.807) is 11.8 Å². The molecule has 0 atom stereocenters. The average Bonchev–Trinajstić information content (AvgIpc) is 2.47. The molecule has 0 saturated heterocycles. The maximum absolute atomic E-state index is 12.1. The van der Waals surface area contributed by atoms with Crippen LogP contribution in [0, 0.1) is 6.92 Å². The lowest BCUT2D eigenvalue weighted by atomic mass is 9.79. The van der Waals surface area contributed by atoms with Crippen LogP contribution in [0.2, 0.25) is 0 Å². The van der Waals surface area contributed by atoms with Crippen molar-refractivity contribution in [3.8, 4) is 11.1 Å². The summed E-state index contributed by atoms with van der Waals surface area (Å²) in [6.45, 7) is 2.09. The van der Waals surface area contributed by atoms with Gasteiger partial charge in [-0.3, -0.25) is 0 Å². The highest BCUT2D eigenvalue weighted by Crippen LogP contribution is 2.41. The molecular formula is C18H18O2S. The Bertz CT molecular complexity index is 702. The summed E-state index contributed by atoms with van der Waals surface area (Å²) >= 11 is 1.61. The van der Waals surface area contributed by atoms with E-state index in [1.807, 2.05) is 6.26 Å². The third-order valence-corrected chi connectivity index (χ3v) is 4.87. The molecule has 0 heterocycles. The van der Waals surface area contributed by atoms with E-state index in [-0.39, 0.29) is 5.97 Å². The number of carbonyl (C=O) groups is 1. The summed E-state index contributed by atoms with van der Waals surface area (Å²) in [6.07, 6.45) is 4.01. The van der Waals surface area contributed by atoms with Crippen LogP contribution in [-0.2, 0) is 17.6 Å². The number of thioether (sulfide) groups is 1. The highest BCUT2D eigenvalue weighted by Gasteiger charge is 2.28. The maximum atomic E-state index is 12.1. The van der Waals surface area contributed by atoms with Gasteiger partial charge < -0.3 is 4.74 Å². The molecule has 2 aromatic rings. The first kappa shape index (κ1) is 14.2. The average molecular weight is 298 g/mol. The van der Waals surface area contributed by atoms with E-state index in [9.17, 15) is 4.79 Å². The van der Waals surface area contributed by atoms with E-state index in [0.717, 1.165) is 23.3 Å². The predicted molar refractivity (Wildman–Crippen MR) is 87.1 cm³/mol. The van der Waals surface area contributed by atoms with Gasteiger partial charge in [-0.2, -0.15) is 0 Å². The SMILES string of the molecule is COC(=O)c1c(SC)cc(-c2ccc(C)cc2)c2c1CC2. The van der Waals surface area contributed by atoms with Gasteiger partial charge in [0, 0.05) is 4.90 Å². The zero-order chi connectivity index (χ0) is 15.0. The van der Waals surface area contributed by atoms with Crippen molar-refractivity contribution in [1.29, 1.82) is 0 Å². The van der Waals surface area contributed by atoms with Crippen LogP contribution in [0.5, 0.6) is 0 Å². The summed E-state index contributed by atoms with van der Waals surface area (Å²) in [7, 11) is 1.45. The van der Waals surface area contributed by atoms with Gasteiger partial charge in [0.15, 0.2) is 0 Å². The number of carbonyl (C=O) groups excluding carboxylic acids is 1. The zero-order valence-corrected chi connectivity index (χ0v) is 13.3. The molecule has 0 unspecified atom stereocenters. The molecule has 0 aromatic heterocycles. The highest BCUT2D eigenvalue weighted by molar-refractivity contribution is 7.98. The number of rotatable bonds is 3. The van der Waals surface area contributed by atoms with Gasteiger partial charge in [0.25, 0.3) is 0 Å². The standard InChI is InChI=1S/C18H18O2S/c1-11-4-6-12(7-5-11)15-10-16(21-3)17(18(19)20-2)14-9-8-13(14)15/h4-7,10H,8-9H2,1-3H3. The van der Waals surface area contributed by atoms with E-state index in [0.29, 0.717) is 0 Å². The van der Waals surface area contributed by atoms with Crippen LogP contribution in [0.25, 0.3) is 11.1 Å². The number of benzene rings is 2. The van der Waals surface area contributed by atoms with E-state index < -0.39 is 0 Å². The van der Waals surface area contributed by atoms with Gasteiger partial charge in [-0.1, -0.05) is 29.8 Å². The molecule has 21 heavy (non-hydrogen) atoms. The molecule has 0 saturated carbocycles. The molecule has 0 aliphatic heterocycles. The Morgan fingerprint density at radius 2 is 1.81 bits per heavy atom. The molecule has 1 aliphatic rings. The molecule has 3 rings (SSSR count). The Morgan fingerprint density at radius 3 is 2.33 bits per heavy atom. The summed E-state index contributed by atoms with van der Waals surface area (Å²) in [4.78, 5) is 13.1. The quantitative estimate of drug-likeness (QED) is 0.625. The van der Waals surface area contributed by atoms with Gasteiger partial charge in [-0.15, -0.1) is 11.8 Å². The second-order valence-electron chi connectivity index (χ2n) is 5.32. The van der Waals surface area contributed by atoms with Crippen LogP contribution in [0.4, 0.5) is 0 Å². The Kier molecular flexibility index (Phi) is 3.77. The Morgan fingerprint density at radius 1 is 1.14 bits per heavy atom. The van der Waals surface area contributed by atoms with Gasteiger partial charge in [-0.05, 0) is 54.3 Å². The van der Waals surface area contributed by atoms with Gasteiger partial charge in [0.1, 0.15) is 0 Å². The Balaban J connectivity index is 2.18. The van der Waals surface area contributed by atoms with Crippen LogP contribution in [0.3, 0.4) is 0 Å². The third kappa shape index (κ3) is 2.36.